The number of nitrogens with one attached hydrogen (secondary N) is 1. The van der Waals surface area contributed by atoms with Gasteiger partial charge in [0.1, 0.15) is 6.04 Å². The summed E-state index contributed by atoms with van der Waals surface area (Å²) in [6.07, 6.45) is 0. The number of hydrogen-bond acceptors (Lipinski definition) is 3. The second kappa shape index (κ2) is 6.54. The number of methoxy groups -OCH3 is 1. The van der Waals surface area contributed by atoms with Crippen LogP contribution in [-0.4, -0.2) is 25.0 Å². The van der Waals surface area contributed by atoms with Crippen molar-refractivity contribution in [2.75, 3.05) is 7.11 Å². The number of carbonyl (C=O) groups excluding carboxylic acids is 2. The Hall–Kier alpha value is -1.36. The molecule has 1 atom stereocenters. The average molecular weight is 314 g/mol. The number of hydrogen-bond donors (Lipinski definition) is 1. The lowest BCUT2D eigenvalue weighted by atomic mass is 10.0. The van der Waals surface area contributed by atoms with Crippen molar-refractivity contribution in [1.29, 1.82) is 0 Å². The van der Waals surface area contributed by atoms with Gasteiger partial charge in [0, 0.05) is 10.0 Å². The standard InChI is InChI=1S/C13H16BrNO3/c1-8(2)11(13(17)18-3)15-12(16)9-5-4-6-10(14)7-9/h4-8,11H,1-3H3,(H,15,16)/t11-/m1/s1. The molecule has 0 unspecified atom stereocenters. The normalized spacial score (nSPS) is 12.1. The van der Waals surface area contributed by atoms with E-state index in [0.29, 0.717) is 5.56 Å². The van der Waals surface area contributed by atoms with Crippen LogP contribution in [0.4, 0.5) is 0 Å². The topological polar surface area (TPSA) is 55.4 Å². The van der Waals surface area contributed by atoms with Crippen LogP contribution in [0.25, 0.3) is 0 Å². The number of esters is 1. The number of ether oxygens (including phenoxy) is 1. The first-order valence-electron chi connectivity index (χ1n) is 5.60. The van der Waals surface area contributed by atoms with Crippen molar-refractivity contribution in [2.45, 2.75) is 19.9 Å². The van der Waals surface area contributed by atoms with Gasteiger partial charge in [-0.05, 0) is 24.1 Å². The zero-order valence-corrected chi connectivity index (χ0v) is 12.2. The van der Waals surface area contributed by atoms with E-state index in [1.165, 1.54) is 7.11 Å². The molecule has 0 bridgehead atoms. The molecule has 1 rings (SSSR count). The maximum Gasteiger partial charge on any atom is 0.328 e. The first kappa shape index (κ1) is 14.7. The molecule has 4 nitrogen and oxygen atoms in total. The van der Waals surface area contributed by atoms with Gasteiger partial charge in [0.15, 0.2) is 0 Å². The van der Waals surface area contributed by atoms with Gasteiger partial charge in [-0.3, -0.25) is 4.79 Å². The van der Waals surface area contributed by atoms with Crippen LogP contribution in [0.1, 0.15) is 24.2 Å². The fourth-order valence-electron chi connectivity index (χ4n) is 1.48. The monoisotopic (exact) mass is 313 g/mol. The van der Waals surface area contributed by atoms with Crippen molar-refractivity contribution >= 4 is 27.8 Å². The fourth-order valence-corrected chi connectivity index (χ4v) is 1.88. The number of halogens is 1. The van der Waals surface area contributed by atoms with E-state index in [0.717, 1.165) is 4.47 Å². The van der Waals surface area contributed by atoms with E-state index in [4.69, 9.17) is 0 Å². The number of rotatable bonds is 4. The van der Waals surface area contributed by atoms with Crippen LogP contribution in [0.3, 0.4) is 0 Å². The molecule has 0 fully saturated rings. The van der Waals surface area contributed by atoms with E-state index in [1.807, 2.05) is 19.9 Å². The Kier molecular flexibility index (Phi) is 5.34. The third-order valence-electron chi connectivity index (χ3n) is 2.50. The van der Waals surface area contributed by atoms with E-state index < -0.39 is 12.0 Å². The van der Waals surface area contributed by atoms with Gasteiger partial charge in [-0.25, -0.2) is 4.79 Å². The Morgan fingerprint density at radius 2 is 2.00 bits per heavy atom. The summed E-state index contributed by atoms with van der Waals surface area (Å²) in [7, 11) is 1.31. The highest BCUT2D eigenvalue weighted by atomic mass is 79.9. The number of benzene rings is 1. The second-order valence-corrected chi connectivity index (χ2v) is 5.14. The van der Waals surface area contributed by atoms with Crippen molar-refractivity contribution in [3.8, 4) is 0 Å². The number of amides is 1. The first-order valence-corrected chi connectivity index (χ1v) is 6.39. The molecular formula is C13H16BrNO3. The molecular weight excluding hydrogens is 298 g/mol. The van der Waals surface area contributed by atoms with Crippen molar-refractivity contribution < 1.29 is 14.3 Å². The van der Waals surface area contributed by atoms with Crippen LogP contribution in [0, 0.1) is 5.92 Å². The molecule has 1 amide bonds. The lowest BCUT2D eigenvalue weighted by molar-refractivity contribution is -0.144. The molecule has 18 heavy (non-hydrogen) atoms. The Balaban J connectivity index is 2.82. The molecule has 1 aromatic rings. The van der Waals surface area contributed by atoms with Gasteiger partial charge in [-0.15, -0.1) is 0 Å². The first-order chi connectivity index (χ1) is 8.45. The summed E-state index contributed by atoms with van der Waals surface area (Å²) in [6.45, 7) is 3.70. The molecule has 0 aromatic heterocycles. The Morgan fingerprint density at radius 1 is 1.33 bits per heavy atom. The minimum atomic E-state index is -0.638. The molecule has 0 aliphatic rings. The van der Waals surface area contributed by atoms with Crippen molar-refractivity contribution in [3.63, 3.8) is 0 Å². The summed E-state index contributed by atoms with van der Waals surface area (Å²) in [5.41, 5.74) is 0.499. The largest absolute Gasteiger partial charge is 0.467 e. The van der Waals surface area contributed by atoms with E-state index in [9.17, 15) is 9.59 Å². The third kappa shape index (κ3) is 3.84. The van der Waals surface area contributed by atoms with Gasteiger partial charge < -0.3 is 10.1 Å². The Morgan fingerprint density at radius 3 is 2.50 bits per heavy atom. The van der Waals surface area contributed by atoms with Crippen molar-refractivity contribution in [1.82, 2.24) is 5.32 Å². The highest BCUT2D eigenvalue weighted by molar-refractivity contribution is 9.10. The fraction of sp³-hybridized carbons (Fsp3) is 0.385. The zero-order valence-electron chi connectivity index (χ0n) is 10.6. The van der Waals surface area contributed by atoms with Crippen LogP contribution >= 0.6 is 15.9 Å². The van der Waals surface area contributed by atoms with Gasteiger partial charge in [-0.1, -0.05) is 35.8 Å². The molecule has 0 saturated heterocycles. The van der Waals surface area contributed by atoms with E-state index >= 15 is 0 Å². The van der Waals surface area contributed by atoms with Crippen molar-refractivity contribution in [3.05, 3.63) is 34.3 Å². The van der Waals surface area contributed by atoms with Crippen LogP contribution < -0.4 is 5.32 Å². The molecule has 1 N–H and O–H groups in total. The van der Waals surface area contributed by atoms with Crippen LogP contribution in [-0.2, 0) is 9.53 Å². The van der Waals surface area contributed by atoms with Gasteiger partial charge >= 0.3 is 5.97 Å². The molecule has 0 aliphatic carbocycles. The molecule has 1 aromatic carbocycles. The third-order valence-corrected chi connectivity index (χ3v) is 2.99. The second-order valence-electron chi connectivity index (χ2n) is 4.23. The molecule has 0 saturated carbocycles. The highest BCUT2D eigenvalue weighted by Gasteiger charge is 2.25. The zero-order chi connectivity index (χ0) is 13.7. The van der Waals surface area contributed by atoms with Gasteiger partial charge in [-0.2, -0.15) is 0 Å². The minimum absolute atomic E-state index is 0.0337. The van der Waals surface area contributed by atoms with E-state index in [1.54, 1.807) is 18.2 Å². The summed E-state index contributed by atoms with van der Waals surface area (Å²) in [6, 6.07) is 6.35. The van der Waals surface area contributed by atoms with E-state index in [2.05, 4.69) is 26.0 Å². The summed E-state index contributed by atoms with van der Waals surface area (Å²) in [4.78, 5) is 23.5. The van der Waals surface area contributed by atoms with E-state index in [-0.39, 0.29) is 11.8 Å². The quantitative estimate of drug-likeness (QED) is 0.868. The Labute approximate surface area is 115 Å². The lowest BCUT2D eigenvalue weighted by Gasteiger charge is -2.19. The SMILES string of the molecule is COC(=O)[C@H](NC(=O)c1cccc(Br)c1)C(C)C. The predicted molar refractivity (Wildman–Crippen MR) is 72.3 cm³/mol. The van der Waals surface area contributed by atoms with Crippen LogP contribution in [0.15, 0.2) is 28.7 Å². The molecule has 0 heterocycles. The molecule has 0 spiro atoms. The smallest absolute Gasteiger partial charge is 0.328 e. The van der Waals surface area contributed by atoms with Crippen LogP contribution in [0.2, 0.25) is 0 Å². The van der Waals surface area contributed by atoms with Gasteiger partial charge in [0.05, 0.1) is 7.11 Å². The molecule has 98 valence electrons. The predicted octanol–water partition coefficient (Wildman–Crippen LogP) is 2.38. The Bertz CT molecular complexity index is 446. The molecule has 5 heteroatoms. The maximum atomic E-state index is 12.0. The summed E-state index contributed by atoms with van der Waals surface area (Å²) >= 11 is 3.30. The molecule has 0 radical (unpaired) electrons. The van der Waals surface area contributed by atoms with Gasteiger partial charge in [0.2, 0.25) is 0 Å². The average Bonchev–Trinajstić information content (AvgIpc) is 2.34. The highest BCUT2D eigenvalue weighted by Crippen LogP contribution is 2.12. The van der Waals surface area contributed by atoms with Gasteiger partial charge in [0.25, 0.3) is 5.91 Å². The summed E-state index contributed by atoms with van der Waals surface area (Å²) in [5.74, 6) is -0.762. The molecule has 0 aliphatic heterocycles. The number of carbonyl (C=O) groups is 2. The van der Waals surface area contributed by atoms with Crippen LogP contribution in [0.5, 0.6) is 0 Å². The summed E-state index contributed by atoms with van der Waals surface area (Å²) in [5, 5.41) is 2.68. The van der Waals surface area contributed by atoms with Crippen molar-refractivity contribution in [2.24, 2.45) is 5.92 Å². The maximum absolute atomic E-state index is 12.0. The lowest BCUT2D eigenvalue weighted by Crippen LogP contribution is -2.45. The summed E-state index contributed by atoms with van der Waals surface area (Å²) < 4.78 is 5.49. The minimum Gasteiger partial charge on any atom is -0.467 e.